The van der Waals surface area contributed by atoms with Crippen LogP contribution in [-0.4, -0.2) is 54.5 Å². The van der Waals surface area contributed by atoms with Crippen molar-refractivity contribution in [2.75, 3.05) is 26.7 Å². The van der Waals surface area contributed by atoms with Crippen LogP contribution in [0.2, 0.25) is 0 Å². The number of fused-ring (bicyclic) bond motifs is 2. The Bertz CT molecular complexity index is 656. The van der Waals surface area contributed by atoms with Crippen LogP contribution >= 0.6 is 0 Å². The van der Waals surface area contributed by atoms with E-state index >= 15 is 0 Å². The molecule has 0 unspecified atom stereocenters. The van der Waals surface area contributed by atoms with Gasteiger partial charge in [-0.05, 0) is 55.0 Å². The normalized spacial score (nSPS) is 33.2. The highest BCUT2D eigenvalue weighted by atomic mass is 16.5. The maximum absolute atomic E-state index is 13.2. The van der Waals surface area contributed by atoms with Gasteiger partial charge in [0.25, 0.3) is 0 Å². The second-order valence-electron chi connectivity index (χ2n) is 9.52. The zero-order valence-electron chi connectivity index (χ0n) is 16.6. The van der Waals surface area contributed by atoms with Gasteiger partial charge in [0, 0.05) is 24.9 Å². The summed E-state index contributed by atoms with van der Waals surface area (Å²) in [7, 11) is 1.71. The molecular weight excluding hydrogens is 324 g/mol. The van der Waals surface area contributed by atoms with E-state index in [0.29, 0.717) is 36.2 Å². The Kier molecular flexibility index (Phi) is 4.50. The smallest absolute Gasteiger partial charge is 0.223 e. The Labute approximate surface area is 157 Å². The molecule has 1 amide bonds. The lowest BCUT2D eigenvalue weighted by Gasteiger charge is -2.51. The van der Waals surface area contributed by atoms with Crippen LogP contribution in [0.4, 0.5) is 0 Å². The molecule has 4 saturated heterocycles. The van der Waals surface area contributed by atoms with Crippen molar-refractivity contribution in [3.05, 3.63) is 29.8 Å². The van der Waals surface area contributed by atoms with Crippen LogP contribution in [0.25, 0.3) is 0 Å². The topological polar surface area (TPSA) is 32.8 Å². The molecule has 4 fully saturated rings. The highest BCUT2D eigenvalue weighted by Crippen LogP contribution is 2.47. The molecule has 142 valence electrons. The van der Waals surface area contributed by atoms with E-state index in [-0.39, 0.29) is 5.41 Å². The van der Waals surface area contributed by atoms with E-state index in [1.807, 2.05) is 0 Å². The van der Waals surface area contributed by atoms with Crippen molar-refractivity contribution in [2.45, 2.75) is 58.0 Å². The Hall–Kier alpha value is -1.55. The molecule has 26 heavy (non-hydrogen) atoms. The van der Waals surface area contributed by atoms with Crippen molar-refractivity contribution < 1.29 is 9.53 Å². The van der Waals surface area contributed by atoms with Gasteiger partial charge in [-0.1, -0.05) is 32.9 Å². The molecule has 0 radical (unpaired) electrons. The summed E-state index contributed by atoms with van der Waals surface area (Å²) in [5, 5.41) is 0. The molecule has 0 aromatic heterocycles. The number of amides is 1. The SMILES string of the molecule is COc1ccc([C@@H]2CN(C(=O)CC(C)(C)C)[C@@H]3C4CCN(CC4)[C@@H]32)cc1. The van der Waals surface area contributed by atoms with Crippen LogP contribution in [0.15, 0.2) is 24.3 Å². The summed E-state index contributed by atoms with van der Waals surface area (Å²) in [5.41, 5.74) is 1.39. The number of nitrogens with zero attached hydrogens (tertiary/aromatic N) is 2. The van der Waals surface area contributed by atoms with Gasteiger partial charge in [0.15, 0.2) is 0 Å². The lowest BCUT2D eigenvalue weighted by atomic mass is 9.75. The molecule has 2 bridgehead atoms. The number of hydrogen-bond donors (Lipinski definition) is 0. The molecule has 3 atom stereocenters. The van der Waals surface area contributed by atoms with E-state index in [1.165, 1.54) is 31.5 Å². The molecule has 1 aromatic rings. The molecule has 0 aliphatic carbocycles. The number of likely N-dealkylation sites (tertiary alicyclic amines) is 1. The highest BCUT2D eigenvalue weighted by molar-refractivity contribution is 5.78. The van der Waals surface area contributed by atoms with E-state index in [9.17, 15) is 4.79 Å². The lowest BCUT2D eigenvalue weighted by Crippen LogP contribution is -2.60. The summed E-state index contributed by atoms with van der Waals surface area (Å²) in [4.78, 5) is 18.1. The van der Waals surface area contributed by atoms with Crippen molar-refractivity contribution in [3.8, 4) is 5.75 Å². The van der Waals surface area contributed by atoms with Gasteiger partial charge in [-0.2, -0.15) is 0 Å². The predicted octanol–water partition coefficient (Wildman–Crippen LogP) is 3.52. The largest absolute Gasteiger partial charge is 0.497 e. The van der Waals surface area contributed by atoms with Gasteiger partial charge in [-0.3, -0.25) is 9.69 Å². The van der Waals surface area contributed by atoms with Crippen LogP contribution in [-0.2, 0) is 4.79 Å². The molecular formula is C22H32N2O2. The second-order valence-corrected chi connectivity index (χ2v) is 9.52. The maximum Gasteiger partial charge on any atom is 0.223 e. The molecule has 0 saturated carbocycles. The Balaban J connectivity index is 1.64. The summed E-state index contributed by atoms with van der Waals surface area (Å²) in [6.45, 7) is 9.74. The van der Waals surface area contributed by atoms with Crippen molar-refractivity contribution >= 4 is 5.91 Å². The van der Waals surface area contributed by atoms with Crippen LogP contribution in [0.1, 0.15) is 51.5 Å². The minimum Gasteiger partial charge on any atom is -0.497 e. The Morgan fingerprint density at radius 3 is 2.35 bits per heavy atom. The van der Waals surface area contributed by atoms with Crippen molar-refractivity contribution in [1.29, 1.82) is 0 Å². The van der Waals surface area contributed by atoms with E-state index in [2.05, 4.69) is 54.8 Å². The molecule has 5 rings (SSSR count). The second kappa shape index (κ2) is 6.56. The molecule has 4 nitrogen and oxygen atoms in total. The molecule has 4 heterocycles. The maximum atomic E-state index is 13.2. The first-order valence-corrected chi connectivity index (χ1v) is 10.0. The average molecular weight is 357 g/mol. The van der Waals surface area contributed by atoms with Gasteiger partial charge in [-0.15, -0.1) is 0 Å². The molecule has 4 aliphatic rings. The standard InChI is InChI=1S/C22H32N2O2/c1-22(2,3)13-19(25)24-14-18(15-5-7-17(26-4)8-6-15)21-20(24)16-9-11-23(21)12-10-16/h5-8,16,18,20-21H,9-14H2,1-4H3/t18-,20+,21+/m0/s1. The summed E-state index contributed by atoms with van der Waals surface area (Å²) < 4.78 is 5.33. The third-order valence-electron chi connectivity index (χ3n) is 6.54. The van der Waals surface area contributed by atoms with E-state index in [1.54, 1.807) is 7.11 Å². The third-order valence-corrected chi connectivity index (χ3v) is 6.54. The monoisotopic (exact) mass is 356 g/mol. The number of piperidine rings is 3. The number of carbonyl (C=O) groups excluding carboxylic acids is 1. The fourth-order valence-corrected chi connectivity index (χ4v) is 5.40. The number of carbonyl (C=O) groups is 1. The molecule has 1 aromatic carbocycles. The van der Waals surface area contributed by atoms with Crippen molar-refractivity contribution in [3.63, 3.8) is 0 Å². The molecule has 4 heteroatoms. The summed E-state index contributed by atoms with van der Waals surface area (Å²) >= 11 is 0. The number of ether oxygens (including phenoxy) is 1. The van der Waals surface area contributed by atoms with E-state index in [4.69, 9.17) is 4.74 Å². The van der Waals surface area contributed by atoms with Crippen LogP contribution < -0.4 is 4.74 Å². The summed E-state index contributed by atoms with van der Waals surface area (Å²) in [5.74, 6) is 2.33. The summed E-state index contributed by atoms with van der Waals surface area (Å²) in [6.07, 6.45) is 3.13. The minimum atomic E-state index is 0.0404. The predicted molar refractivity (Wildman–Crippen MR) is 103 cm³/mol. The highest BCUT2D eigenvalue weighted by Gasteiger charge is 2.54. The fourth-order valence-electron chi connectivity index (χ4n) is 5.40. The van der Waals surface area contributed by atoms with Crippen LogP contribution in [0.3, 0.4) is 0 Å². The van der Waals surface area contributed by atoms with E-state index < -0.39 is 0 Å². The average Bonchev–Trinajstić information content (AvgIpc) is 3.04. The number of methoxy groups -OCH3 is 1. The minimum absolute atomic E-state index is 0.0404. The molecule has 0 spiro atoms. The fraction of sp³-hybridized carbons (Fsp3) is 0.682. The first kappa shape index (κ1) is 17.8. The zero-order valence-corrected chi connectivity index (χ0v) is 16.6. The van der Waals surface area contributed by atoms with Gasteiger partial charge < -0.3 is 9.64 Å². The Morgan fingerprint density at radius 2 is 1.77 bits per heavy atom. The van der Waals surface area contributed by atoms with Crippen molar-refractivity contribution in [2.24, 2.45) is 11.3 Å². The molecule has 4 aliphatic heterocycles. The first-order chi connectivity index (χ1) is 12.4. The van der Waals surface area contributed by atoms with Gasteiger partial charge in [0.2, 0.25) is 5.91 Å². The zero-order chi connectivity index (χ0) is 18.5. The quantitative estimate of drug-likeness (QED) is 0.831. The van der Waals surface area contributed by atoms with Crippen molar-refractivity contribution in [1.82, 2.24) is 9.80 Å². The third kappa shape index (κ3) is 3.13. The van der Waals surface area contributed by atoms with Gasteiger partial charge >= 0.3 is 0 Å². The first-order valence-electron chi connectivity index (χ1n) is 10.0. The van der Waals surface area contributed by atoms with E-state index in [0.717, 1.165) is 12.3 Å². The summed E-state index contributed by atoms with van der Waals surface area (Å²) in [6, 6.07) is 9.39. The van der Waals surface area contributed by atoms with Gasteiger partial charge in [0.05, 0.1) is 13.2 Å². The van der Waals surface area contributed by atoms with Crippen LogP contribution in [0.5, 0.6) is 5.75 Å². The Morgan fingerprint density at radius 1 is 1.12 bits per heavy atom. The number of hydrogen-bond acceptors (Lipinski definition) is 3. The number of rotatable bonds is 3. The number of benzene rings is 1. The van der Waals surface area contributed by atoms with Crippen LogP contribution in [0, 0.1) is 11.3 Å². The molecule has 0 N–H and O–H groups in total. The lowest BCUT2D eigenvalue weighted by molar-refractivity contribution is -0.137. The van der Waals surface area contributed by atoms with Gasteiger partial charge in [-0.25, -0.2) is 0 Å². The van der Waals surface area contributed by atoms with Gasteiger partial charge in [0.1, 0.15) is 5.75 Å².